The normalized spacial score (nSPS) is 14.0. The van der Waals surface area contributed by atoms with Gasteiger partial charge >= 0.3 is 0 Å². The molecule has 1 aromatic carbocycles. The van der Waals surface area contributed by atoms with Gasteiger partial charge in [0.05, 0.1) is 17.0 Å². The minimum Gasteiger partial charge on any atom is -0.355 e. The van der Waals surface area contributed by atoms with Gasteiger partial charge in [0.2, 0.25) is 5.91 Å². The molecule has 0 saturated carbocycles. The van der Waals surface area contributed by atoms with Crippen molar-refractivity contribution < 1.29 is 9.18 Å². The van der Waals surface area contributed by atoms with Crippen molar-refractivity contribution in [1.29, 1.82) is 0 Å². The van der Waals surface area contributed by atoms with Crippen molar-refractivity contribution >= 4 is 39.2 Å². The van der Waals surface area contributed by atoms with Crippen LogP contribution in [0.5, 0.6) is 0 Å². The van der Waals surface area contributed by atoms with Gasteiger partial charge in [-0.05, 0) is 55.7 Å². The van der Waals surface area contributed by atoms with Gasteiger partial charge in [0, 0.05) is 6.54 Å². The molecule has 1 aliphatic carbocycles. The van der Waals surface area contributed by atoms with Crippen LogP contribution in [0.1, 0.15) is 32.1 Å². The van der Waals surface area contributed by atoms with Gasteiger partial charge in [0.25, 0.3) is 5.56 Å². The highest BCUT2D eigenvalue weighted by molar-refractivity contribution is 7.99. The molecule has 4 rings (SSSR count). The molecule has 1 N–H and O–H groups in total. The Hall–Kier alpha value is -2.45. The predicted molar refractivity (Wildman–Crippen MR) is 120 cm³/mol. The fourth-order valence-corrected chi connectivity index (χ4v) is 5.10. The molecule has 1 amide bonds. The Labute approximate surface area is 182 Å². The molecule has 0 saturated heterocycles. The Kier molecular flexibility index (Phi) is 6.64. The molecule has 2 heterocycles. The topological polar surface area (TPSA) is 64.0 Å². The molecule has 8 heteroatoms. The molecule has 0 atom stereocenters. The molecule has 3 aromatic rings. The van der Waals surface area contributed by atoms with Crippen molar-refractivity contribution in [3.8, 4) is 5.69 Å². The lowest BCUT2D eigenvalue weighted by molar-refractivity contribution is -0.118. The summed E-state index contributed by atoms with van der Waals surface area (Å²) in [7, 11) is 0. The Morgan fingerprint density at radius 3 is 2.93 bits per heavy atom. The van der Waals surface area contributed by atoms with Gasteiger partial charge in [0.15, 0.2) is 5.16 Å². The number of nitrogens with zero attached hydrogens (tertiary/aromatic N) is 2. The van der Waals surface area contributed by atoms with Gasteiger partial charge in [-0.25, -0.2) is 9.37 Å². The first kappa shape index (κ1) is 20.8. The van der Waals surface area contributed by atoms with E-state index in [-0.39, 0.29) is 22.9 Å². The van der Waals surface area contributed by atoms with E-state index in [1.54, 1.807) is 29.6 Å². The number of thioether (sulfide) groups is 1. The fraction of sp³-hybridized carbons (Fsp3) is 0.318. The zero-order valence-corrected chi connectivity index (χ0v) is 18.0. The maximum Gasteiger partial charge on any atom is 0.276 e. The standard InChI is InChI=1S/C22H22FN3O2S2/c23-16-8-4-5-9-18(16)26-21(28)20-17(11-13-29-20)25-22(26)30-14-19(27)24-12-10-15-6-2-1-3-7-15/h4-6,8-9,11,13H,1-3,7,10,12,14H2,(H,24,27). The molecule has 0 fully saturated rings. The number of thiophene rings is 1. The number of halogens is 1. The van der Waals surface area contributed by atoms with Crippen LogP contribution in [0.15, 0.2) is 57.3 Å². The van der Waals surface area contributed by atoms with Crippen LogP contribution in [0.2, 0.25) is 0 Å². The van der Waals surface area contributed by atoms with Crippen LogP contribution >= 0.6 is 23.1 Å². The number of carbonyl (C=O) groups is 1. The van der Waals surface area contributed by atoms with Crippen molar-refractivity contribution in [3.63, 3.8) is 0 Å². The Balaban J connectivity index is 1.50. The highest BCUT2D eigenvalue weighted by Crippen LogP contribution is 2.25. The SMILES string of the molecule is O=C(CSc1nc2ccsc2c(=O)n1-c1ccccc1F)NCCC1=CCCCC1. The largest absolute Gasteiger partial charge is 0.355 e. The lowest BCUT2D eigenvalue weighted by atomic mass is 9.97. The Morgan fingerprint density at radius 1 is 1.27 bits per heavy atom. The van der Waals surface area contributed by atoms with E-state index in [1.807, 2.05) is 0 Å². The smallest absolute Gasteiger partial charge is 0.276 e. The molecular weight excluding hydrogens is 421 g/mol. The van der Waals surface area contributed by atoms with E-state index < -0.39 is 5.82 Å². The number of rotatable bonds is 7. The number of carbonyl (C=O) groups excluding carboxylic acids is 1. The van der Waals surface area contributed by atoms with Gasteiger partial charge in [-0.3, -0.25) is 14.2 Å². The van der Waals surface area contributed by atoms with Crippen LogP contribution < -0.4 is 10.9 Å². The van der Waals surface area contributed by atoms with Crippen LogP contribution in [0.3, 0.4) is 0 Å². The number of hydrogen-bond acceptors (Lipinski definition) is 5. The van der Waals surface area contributed by atoms with E-state index in [9.17, 15) is 14.0 Å². The minimum absolute atomic E-state index is 0.107. The molecular formula is C22H22FN3O2S2. The monoisotopic (exact) mass is 443 g/mol. The first-order valence-electron chi connectivity index (χ1n) is 9.96. The third-order valence-electron chi connectivity index (χ3n) is 5.03. The first-order chi connectivity index (χ1) is 14.6. The number of amides is 1. The van der Waals surface area contributed by atoms with E-state index in [1.165, 1.54) is 40.4 Å². The van der Waals surface area contributed by atoms with Crippen LogP contribution in [0.25, 0.3) is 15.9 Å². The average molecular weight is 444 g/mol. The Bertz CT molecular complexity index is 1150. The van der Waals surface area contributed by atoms with Crippen LogP contribution in [0, 0.1) is 5.82 Å². The maximum absolute atomic E-state index is 14.4. The highest BCUT2D eigenvalue weighted by atomic mass is 32.2. The number of hydrogen-bond donors (Lipinski definition) is 1. The number of aromatic nitrogens is 2. The summed E-state index contributed by atoms with van der Waals surface area (Å²) < 4.78 is 16.2. The second kappa shape index (κ2) is 9.57. The number of para-hydroxylation sites is 1. The number of nitrogens with one attached hydrogen (secondary N) is 1. The number of allylic oxidation sites excluding steroid dienone is 1. The highest BCUT2D eigenvalue weighted by Gasteiger charge is 2.17. The first-order valence-corrected chi connectivity index (χ1v) is 11.8. The van der Waals surface area contributed by atoms with Crippen molar-refractivity contribution in [2.75, 3.05) is 12.3 Å². The molecule has 0 spiro atoms. The summed E-state index contributed by atoms with van der Waals surface area (Å²) in [6, 6.07) is 7.85. The molecule has 0 radical (unpaired) electrons. The molecule has 1 aliphatic rings. The second-order valence-corrected chi connectivity index (χ2v) is 8.98. The van der Waals surface area contributed by atoms with E-state index in [4.69, 9.17) is 0 Å². The molecule has 156 valence electrons. The minimum atomic E-state index is -0.510. The van der Waals surface area contributed by atoms with E-state index >= 15 is 0 Å². The zero-order valence-electron chi connectivity index (χ0n) is 16.4. The Morgan fingerprint density at radius 2 is 2.13 bits per heavy atom. The molecule has 0 bridgehead atoms. The lowest BCUT2D eigenvalue weighted by Gasteiger charge is -2.14. The summed E-state index contributed by atoms with van der Waals surface area (Å²) in [5.74, 6) is -0.532. The zero-order chi connectivity index (χ0) is 20.9. The summed E-state index contributed by atoms with van der Waals surface area (Å²) in [6.07, 6.45) is 7.86. The summed E-state index contributed by atoms with van der Waals surface area (Å²) in [6.45, 7) is 0.600. The molecule has 5 nitrogen and oxygen atoms in total. The number of fused-ring (bicyclic) bond motifs is 1. The van der Waals surface area contributed by atoms with Crippen LogP contribution in [0.4, 0.5) is 4.39 Å². The second-order valence-electron chi connectivity index (χ2n) is 7.12. The third-order valence-corrected chi connectivity index (χ3v) is 6.86. The molecule has 2 aromatic heterocycles. The molecule has 30 heavy (non-hydrogen) atoms. The summed E-state index contributed by atoms with van der Waals surface area (Å²) >= 11 is 2.41. The summed E-state index contributed by atoms with van der Waals surface area (Å²) in [5.41, 5.74) is 1.78. The van der Waals surface area contributed by atoms with Gasteiger partial charge < -0.3 is 5.32 Å². The fourth-order valence-electron chi connectivity index (χ4n) is 3.51. The maximum atomic E-state index is 14.4. The van der Waals surface area contributed by atoms with E-state index in [0.717, 1.165) is 31.0 Å². The van der Waals surface area contributed by atoms with Gasteiger partial charge in [-0.1, -0.05) is 35.5 Å². The predicted octanol–water partition coefficient (Wildman–Crippen LogP) is 4.69. The quantitative estimate of drug-likeness (QED) is 0.327. The van der Waals surface area contributed by atoms with Crippen molar-refractivity contribution in [2.45, 2.75) is 37.3 Å². The molecule has 0 aliphatic heterocycles. The third kappa shape index (κ3) is 4.65. The van der Waals surface area contributed by atoms with Gasteiger partial charge in [-0.15, -0.1) is 11.3 Å². The van der Waals surface area contributed by atoms with Crippen molar-refractivity contribution in [3.05, 3.63) is 63.5 Å². The van der Waals surface area contributed by atoms with E-state index in [2.05, 4.69) is 16.4 Å². The average Bonchev–Trinajstić information content (AvgIpc) is 3.23. The number of benzene rings is 1. The summed E-state index contributed by atoms with van der Waals surface area (Å²) in [5, 5.41) is 5.02. The van der Waals surface area contributed by atoms with Gasteiger partial charge in [0.1, 0.15) is 10.5 Å². The van der Waals surface area contributed by atoms with Crippen molar-refractivity contribution in [2.24, 2.45) is 0 Å². The molecule has 0 unspecified atom stereocenters. The van der Waals surface area contributed by atoms with Crippen LogP contribution in [-0.4, -0.2) is 27.8 Å². The summed E-state index contributed by atoms with van der Waals surface area (Å²) in [4.78, 5) is 29.9. The van der Waals surface area contributed by atoms with Gasteiger partial charge in [-0.2, -0.15) is 0 Å². The van der Waals surface area contributed by atoms with Crippen molar-refractivity contribution in [1.82, 2.24) is 14.9 Å². The lowest BCUT2D eigenvalue weighted by Crippen LogP contribution is -2.27. The van der Waals surface area contributed by atoms with E-state index in [0.29, 0.717) is 21.9 Å². The van der Waals surface area contributed by atoms with Crippen LogP contribution in [-0.2, 0) is 4.79 Å².